The standard InChI is InChI=1S/C14H16N2.C2H3N/c1-9-10(2)14(16)8-7-13(9)11-3-5-12(15)6-4-11;1-2-3/h3-8H,15-16H2,1-2H3;1H3. The van der Waals surface area contributed by atoms with Crippen LogP contribution in [0.3, 0.4) is 0 Å². The van der Waals surface area contributed by atoms with Crippen LogP contribution in [0.1, 0.15) is 18.1 Å². The van der Waals surface area contributed by atoms with E-state index in [1.54, 1.807) is 6.07 Å². The number of nitrogen functional groups attached to an aromatic ring is 2. The van der Waals surface area contributed by atoms with Gasteiger partial charge in [0.1, 0.15) is 0 Å². The molecule has 0 aliphatic carbocycles. The summed E-state index contributed by atoms with van der Waals surface area (Å²) in [5.74, 6) is 0. The molecule has 0 aliphatic heterocycles. The average Bonchev–Trinajstić information content (AvgIpc) is 2.39. The number of nitrogens with zero attached hydrogens (tertiary/aromatic N) is 1. The van der Waals surface area contributed by atoms with Gasteiger partial charge in [-0.05, 0) is 54.3 Å². The van der Waals surface area contributed by atoms with E-state index in [4.69, 9.17) is 16.7 Å². The maximum Gasteiger partial charge on any atom is 0.0587 e. The number of hydrogen-bond acceptors (Lipinski definition) is 3. The summed E-state index contributed by atoms with van der Waals surface area (Å²) in [5, 5.41) is 7.32. The lowest BCUT2D eigenvalue weighted by molar-refractivity contribution is 1.34. The summed E-state index contributed by atoms with van der Waals surface area (Å²) in [7, 11) is 0. The third-order valence-electron chi connectivity index (χ3n) is 3.05. The summed E-state index contributed by atoms with van der Waals surface area (Å²) in [6, 6.07) is 13.7. The predicted molar refractivity (Wildman–Crippen MR) is 81.5 cm³/mol. The van der Waals surface area contributed by atoms with Crippen LogP contribution >= 0.6 is 0 Å². The number of benzene rings is 2. The van der Waals surface area contributed by atoms with Crippen molar-refractivity contribution in [3.05, 3.63) is 47.5 Å². The Balaban J connectivity index is 0.000000550. The maximum atomic E-state index is 7.32. The molecule has 2 rings (SSSR count). The molecule has 2 aromatic carbocycles. The summed E-state index contributed by atoms with van der Waals surface area (Å²) in [6.45, 7) is 5.57. The molecule has 98 valence electrons. The Hall–Kier alpha value is -2.47. The van der Waals surface area contributed by atoms with Crippen molar-refractivity contribution in [2.45, 2.75) is 20.8 Å². The van der Waals surface area contributed by atoms with Gasteiger partial charge in [-0.25, -0.2) is 0 Å². The predicted octanol–water partition coefficient (Wildman–Crippen LogP) is 3.66. The van der Waals surface area contributed by atoms with Crippen molar-refractivity contribution >= 4 is 11.4 Å². The normalized spacial score (nSPS) is 9.16. The van der Waals surface area contributed by atoms with E-state index in [1.807, 2.05) is 37.3 Å². The highest BCUT2D eigenvalue weighted by molar-refractivity contribution is 5.73. The molecule has 0 fully saturated rings. The Morgan fingerprint density at radius 2 is 1.42 bits per heavy atom. The van der Waals surface area contributed by atoms with Crippen molar-refractivity contribution in [3.8, 4) is 17.2 Å². The second-order valence-electron chi connectivity index (χ2n) is 4.30. The first-order valence-corrected chi connectivity index (χ1v) is 6.03. The number of anilines is 2. The smallest absolute Gasteiger partial charge is 0.0587 e. The first-order chi connectivity index (χ1) is 9.01. The number of hydrogen-bond donors (Lipinski definition) is 2. The molecule has 0 bridgehead atoms. The van der Waals surface area contributed by atoms with Crippen molar-refractivity contribution in [2.24, 2.45) is 0 Å². The number of rotatable bonds is 1. The highest BCUT2D eigenvalue weighted by Crippen LogP contribution is 2.28. The molecule has 0 aromatic heterocycles. The molecule has 0 radical (unpaired) electrons. The van der Waals surface area contributed by atoms with Crippen molar-refractivity contribution in [3.63, 3.8) is 0 Å². The topological polar surface area (TPSA) is 75.8 Å². The van der Waals surface area contributed by atoms with Crippen molar-refractivity contribution in [2.75, 3.05) is 11.5 Å². The third kappa shape index (κ3) is 3.49. The van der Waals surface area contributed by atoms with Crippen LogP contribution in [-0.4, -0.2) is 0 Å². The molecule has 0 amide bonds. The monoisotopic (exact) mass is 253 g/mol. The Morgan fingerprint density at radius 1 is 0.895 bits per heavy atom. The lowest BCUT2D eigenvalue weighted by Crippen LogP contribution is -1.94. The zero-order chi connectivity index (χ0) is 14.4. The Bertz CT molecular complexity index is 593. The fraction of sp³-hybridized carbons (Fsp3) is 0.188. The average molecular weight is 253 g/mol. The van der Waals surface area contributed by atoms with Gasteiger partial charge in [0.2, 0.25) is 0 Å². The molecule has 4 N–H and O–H groups in total. The van der Waals surface area contributed by atoms with Crippen LogP contribution in [0.15, 0.2) is 36.4 Å². The van der Waals surface area contributed by atoms with E-state index in [2.05, 4.69) is 13.0 Å². The van der Waals surface area contributed by atoms with Crippen LogP contribution < -0.4 is 11.5 Å². The van der Waals surface area contributed by atoms with Crippen molar-refractivity contribution < 1.29 is 0 Å². The van der Waals surface area contributed by atoms with E-state index < -0.39 is 0 Å². The van der Waals surface area contributed by atoms with E-state index in [0.717, 1.165) is 16.9 Å². The summed E-state index contributed by atoms with van der Waals surface area (Å²) >= 11 is 0. The van der Waals surface area contributed by atoms with Gasteiger partial charge < -0.3 is 11.5 Å². The minimum Gasteiger partial charge on any atom is -0.399 e. The fourth-order valence-corrected chi connectivity index (χ4v) is 1.82. The van der Waals surface area contributed by atoms with Crippen LogP contribution in [0.25, 0.3) is 11.1 Å². The second kappa shape index (κ2) is 6.46. The highest BCUT2D eigenvalue weighted by atomic mass is 14.6. The third-order valence-corrected chi connectivity index (χ3v) is 3.05. The zero-order valence-electron chi connectivity index (χ0n) is 11.6. The van der Waals surface area contributed by atoms with Gasteiger partial charge >= 0.3 is 0 Å². The Kier molecular flexibility index (Phi) is 4.96. The van der Waals surface area contributed by atoms with E-state index in [9.17, 15) is 0 Å². The maximum absolute atomic E-state index is 7.32. The van der Waals surface area contributed by atoms with Crippen molar-refractivity contribution in [1.29, 1.82) is 5.26 Å². The van der Waals surface area contributed by atoms with E-state index in [-0.39, 0.29) is 0 Å². The minimum absolute atomic E-state index is 0.786. The Morgan fingerprint density at radius 3 is 1.95 bits per heavy atom. The molecule has 0 unspecified atom stereocenters. The molecule has 0 spiro atoms. The number of nitriles is 1. The molecule has 2 aromatic rings. The largest absolute Gasteiger partial charge is 0.399 e. The van der Waals surface area contributed by atoms with E-state index >= 15 is 0 Å². The van der Waals surface area contributed by atoms with Crippen LogP contribution in [0, 0.1) is 25.2 Å². The molecule has 0 saturated heterocycles. The molecule has 0 atom stereocenters. The summed E-state index contributed by atoms with van der Waals surface area (Å²) in [5.41, 5.74) is 17.9. The fourth-order valence-electron chi connectivity index (χ4n) is 1.82. The lowest BCUT2D eigenvalue weighted by atomic mass is 9.96. The zero-order valence-corrected chi connectivity index (χ0v) is 11.6. The van der Waals surface area contributed by atoms with Gasteiger partial charge in [0, 0.05) is 18.3 Å². The molecule has 3 heteroatoms. The first-order valence-electron chi connectivity index (χ1n) is 6.03. The summed E-state index contributed by atoms with van der Waals surface area (Å²) in [6.07, 6.45) is 0. The minimum atomic E-state index is 0.786. The summed E-state index contributed by atoms with van der Waals surface area (Å²) in [4.78, 5) is 0. The van der Waals surface area contributed by atoms with Crippen molar-refractivity contribution in [1.82, 2.24) is 0 Å². The lowest BCUT2D eigenvalue weighted by Gasteiger charge is -2.11. The first kappa shape index (κ1) is 14.6. The van der Waals surface area contributed by atoms with E-state index in [0.29, 0.717) is 0 Å². The van der Waals surface area contributed by atoms with Crippen LogP contribution in [0.2, 0.25) is 0 Å². The Labute approximate surface area is 114 Å². The second-order valence-corrected chi connectivity index (χ2v) is 4.30. The van der Waals surface area contributed by atoms with Gasteiger partial charge in [0.15, 0.2) is 0 Å². The van der Waals surface area contributed by atoms with Gasteiger partial charge in [0.05, 0.1) is 6.07 Å². The van der Waals surface area contributed by atoms with Gasteiger partial charge in [-0.1, -0.05) is 18.2 Å². The summed E-state index contributed by atoms with van der Waals surface area (Å²) < 4.78 is 0. The molecular weight excluding hydrogens is 234 g/mol. The highest BCUT2D eigenvalue weighted by Gasteiger charge is 2.05. The van der Waals surface area contributed by atoms with E-state index in [1.165, 1.54) is 23.6 Å². The molecular formula is C16H19N3. The van der Waals surface area contributed by atoms with Gasteiger partial charge in [0.25, 0.3) is 0 Å². The molecule has 0 saturated carbocycles. The molecule has 3 nitrogen and oxygen atoms in total. The van der Waals surface area contributed by atoms with Crippen LogP contribution in [0.4, 0.5) is 11.4 Å². The SMILES string of the molecule is CC#N.Cc1c(N)ccc(-c2ccc(N)cc2)c1C. The van der Waals surface area contributed by atoms with Crippen LogP contribution in [0.5, 0.6) is 0 Å². The van der Waals surface area contributed by atoms with Gasteiger partial charge in [-0.2, -0.15) is 5.26 Å². The molecule has 0 aliphatic rings. The van der Waals surface area contributed by atoms with Gasteiger partial charge in [-0.3, -0.25) is 0 Å². The van der Waals surface area contributed by atoms with Crippen LogP contribution in [-0.2, 0) is 0 Å². The molecule has 19 heavy (non-hydrogen) atoms. The quantitative estimate of drug-likeness (QED) is 0.761. The molecule has 0 heterocycles. The number of nitrogens with two attached hydrogens (primary N) is 2. The van der Waals surface area contributed by atoms with Gasteiger partial charge in [-0.15, -0.1) is 0 Å².